The maximum absolute atomic E-state index is 11.4. The van der Waals surface area contributed by atoms with Gasteiger partial charge in [0.05, 0.1) is 12.8 Å². The first-order valence-electron chi connectivity index (χ1n) is 10.9. The summed E-state index contributed by atoms with van der Waals surface area (Å²) in [6, 6.07) is 15.0. The van der Waals surface area contributed by atoms with Crippen LogP contribution in [0.1, 0.15) is 24.0 Å². The molecule has 0 aromatic heterocycles. The van der Waals surface area contributed by atoms with Gasteiger partial charge in [-0.15, -0.1) is 0 Å². The van der Waals surface area contributed by atoms with Crippen LogP contribution < -0.4 is 22.1 Å². The van der Waals surface area contributed by atoms with Crippen LogP contribution in [0.3, 0.4) is 0 Å². The van der Waals surface area contributed by atoms with Crippen molar-refractivity contribution in [3.05, 3.63) is 71.8 Å². The fraction of sp³-hybridized carbons (Fsp3) is 0.250. The van der Waals surface area contributed by atoms with Crippen LogP contribution in [0, 0.1) is 0 Å². The molecular weight excluding hydrogens is 504 g/mol. The zero-order valence-electron chi connectivity index (χ0n) is 20.1. The van der Waals surface area contributed by atoms with Gasteiger partial charge in [0.25, 0.3) is 0 Å². The molecule has 2 aromatic rings. The quantitative estimate of drug-likeness (QED) is 0.221. The number of nitrogens with one attached hydrogen (secondary N) is 2. The Kier molecular flexibility index (Phi) is 13.4. The van der Waals surface area contributed by atoms with E-state index in [2.05, 4.69) is 10.6 Å². The predicted molar refractivity (Wildman–Crippen MR) is 130 cm³/mol. The summed E-state index contributed by atoms with van der Waals surface area (Å²) in [5.41, 5.74) is 11.3. The number of carboxylic acid groups (broad SMARTS) is 2. The zero-order chi connectivity index (χ0) is 28.5. The molecule has 38 heavy (non-hydrogen) atoms. The molecule has 0 spiro atoms. The van der Waals surface area contributed by atoms with Crippen molar-refractivity contribution in [1.29, 1.82) is 0 Å². The van der Waals surface area contributed by atoms with Gasteiger partial charge < -0.3 is 41.8 Å². The predicted octanol–water partition coefficient (Wildman–Crippen LogP) is 0.483. The molecule has 0 bridgehead atoms. The van der Waals surface area contributed by atoms with Crippen LogP contribution in [0.5, 0.6) is 0 Å². The van der Waals surface area contributed by atoms with E-state index < -0.39 is 60.9 Å². The molecule has 2 rings (SSSR count). The zero-order valence-corrected chi connectivity index (χ0v) is 20.1. The lowest BCUT2D eigenvalue weighted by Crippen LogP contribution is -2.43. The third kappa shape index (κ3) is 13.7. The van der Waals surface area contributed by atoms with Gasteiger partial charge in [0.1, 0.15) is 25.3 Å². The molecule has 0 unspecified atom stereocenters. The number of amides is 4. The van der Waals surface area contributed by atoms with Crippen LogP contribution in [0.2, 0.25) is 0 Å². The van der Waals surface area contributed by atoms with E-state index in [1.807, 2.05) is 12.1 Å². The highest BCUT2D eigenvalue weighted by atomic mass is 16.6. The average molecular weight is 533 g/mol. The Morgan fingerprint density at radius 1 is 0.632 bits per heavy atom. The molecule has 14 nitrogen and oxygen atoms in total. The third-order valence-electron chi connectivity index (χ3n) is 4.42. The summed E-state index contributed by atoms with van der Waals surface area (Å²) < 4.78 is 9.65. The Hall–Kier alpha value is -5.14. The summed E-state index contributed by atoms with van der Waals surface area (Å²) in [6.45, 7) is 0.0190. The number of aliphatic carboxylic acids is 2. The van der Waals surface area contributed by atoms with Gasteiger partial charge in [-0.1, -0.05) is 60.7 Å². The Balaban J connectivity index is 0.000000380. The fourth-order valence-electron chi connectivity index (χ4n) is 2.62. The van der Waals surface area contributed by atoms with E-state index in [0.717, 1.165) is 11.1 Å². The van der Waals surface area contributed by atoms with E-state index in [1.165, 1.54) is 0 Å². The van der Waals surface area contributed by atoms with Crippen molar-refractivity contribution in [2.45, 2.75) is 38.1 Å². The number of carbonyl (C=O) groups is 6. The first-order valence-corrected chi connectivity index (χ1v) is 10.9. The highest BCUT2D eigenvalue weighted by Crippen LogP contribution is 2.02. The SMILES string of the molecule is NC(=O)C[C@H](NC(=O)OCc1ccccc1)C(=O)O.NC(=O)C[C@H](NC(=O)OCc1ccccc1)C(=O)O. The summed E-state index contributed by atoms with van der Waals surface area (Å²) in [6.07, 6.45) is -2.82. The molecule has 0 saturated carbocycles. The van der Waals surface area contributed by atoms with Crippen molar-refractivity contribution in [3.8, 4) is 0 Å². The molecule has 0 saturated heterocycles. The van der Waals surface area contributed by atoms with Gasteiger partial charge in [-0.25, -0.2) is 19.2 Å². The minimum absolute atomic E-state index is 0.00951. The molecule has 4 amide bonds. The fourth-order valence-corrected chi connectivity index (χ4v) is 2.62. The van der Waals surface area contributed by atoms with Gasteiger partial charge in [0, 0.05) is 0 Å². The van der Waals surface area contributed by atoms with Crippen molar-refractivity contribution < 1.29 is 48.5 Å². The third-order valence-corrected chi connectivity index (χ3v) is 4.42. The van der Waals surface area contributed by atoms with Crippen LogP contribution >= 0.6 is 0 Å². The number of ether oxygens (including phenoxy) is 2. The van der Waals surface area contributed by atoms with Crippen LogP contribution in [0.4, 0.5) is 9.59 Å². The Morgan fingerprint density at radius 2 is 0.947 bits per heavy atom. The molecule has 0 aliphatic heterocycles. The number of rotatable bonds is 12. The van der Waals surface area contributed by atoms with E-state index in [-0.39, 0.29) is 13.2 Å². The smallest absolute Gasteiger partial charge is 0.408 e. The lowest BCUT2D eigenvalue weighted by atomic mass is 10.2. The first kappa shape index (κ1) is 30.9. The average Bonchev–Trinajstić information content (AvgIpc) is 2.86. The standard InChI is InChI=1S/2C12H14N2O5/c2*13-10(15)6-9(11(16)17)14-12(18)19-7-8-4-2-1-3-5-8/h2*1-5,9H,6-7H2,(H2,13,15)(H,14,18)(H,16,17)/t2*9-/m00/s1. The number of nitrogens with two attached hydrogens (primary N) is 2. The number of primary amides is 2. The highest BCUT2D eigenvalue weighted by molar-refractivity contribution is 5.87. The Morgan fingerprint density at radius 3 is 1.21 bits per heavy atom. The molecule has 0 aliphatic rings. The minimum atomic E-state index is -1.39. The van der Waals surface area contributed by atoms with E-state index in [1.54, 1.807) is 48.5 Å². The van der Waals surface area contributed by atoms with Gasteiger partial charge in [-0.2, -0.15) is 0 Å². The normalized spacial score (nSPS) is 11.4. The second kappa shape index (κ2) is 16.5. The summed E-state index contributed by atoms with van der Waals surface area (Å²) in [5, 5.41) is 21.7. The largest absolute Gasteiger partial charge is 0.480 e. The molecule has 0 fully saturated rings. The number of hydrogen-bond acceptors (Lipinski definition) is 8. The van der Waals surface area contributed by atoms with Crippen molar-refractivity contribution in [2.75, 3.05) is 0 Å². The molecule has 0 aliphatic carbocycles. The molecule has 0 heterocycles. The van der Waals surface area contributed by atoms with Crippen LogP contribution in [0.15, 0.2) is 60.7 Å². The van der Waals surface area contributed by atoms with Crippen LogP contribution in [0.25, 0.3) is 0 Å². The number of benzene rings is 2. The molecule has 2 atom stereocenters. The Labute approximate surface area is 216 Å². The second-order valence-electron chi connectivity index (χ2n) is 7.53. The number of carbonyl (C=O) groups excluding carboxylic acids is 4. The molecule has 8 N–H and O–H groups in total. The van der Waals surface area contributed by atoms with Crippen molar-refractivity contribution in [3.63, 3.8) is 0 Å². The van der Waals surface area contributed by atoms with Gasteiger partial charge in [0.2, 0.25) is 11.8 Å². The Bertz CT molecular complexity index is 1010. The molecule has 0 radical (unpaired) electrons. The number of carboxylic acids is 2. The first-order chi connectivity index (χ1) is 18.0. The molecule has 2 aromatic carbocycles. The van der Waals surface area contributed by atoms with E-state index in [0.29, 0.717) is 0 Å². The molecule has 204 valence electrons. The second-order valence-corrected chi connectivity index (χ2v) is 7.53. The van der Waals surface area contributed by atoms with Crippen molar-refractivity contribution in [2.24, 2.45) is 11.5 Å². The van der Waals surface area contributed by atoms with Gasteiger partial charge in [-0.3, -0.25) is 9.59 Å². The maximum Gasteiger partial charge on any atom is 0.408 e. The van der Waals surface area contributed by atoms with Crippen LogP contribution in [-0.4, -0.2) is 58.2 Å². The maximum atomic E-state index is 11.4. The van der Waals surface area contributed by atoms with Gasteiger partial charge >= 0.3 is 24.1 Å². The lowest BCUT2D eigenvalue weighted by molar-refractivity contribution is -0.141. The highest BCUT2D eigenvalue weighted by Gasteiger charge is 2.23. The van der Waals surface area contributed by atoms with E-state index >= 15 is 0 Å². The van der Waals surface area contributed by atoms with Crippen LogP contribution in [-0.2, 0) is 41.9 Å². The minimum Gasteiger partial charge on any atom is -0.480 e. The number of hydrogen-bond donors (Lipinski definition) is 6. The summed E-state index contributed by atoms with van der Waals surface area (Å²) >= 11 is 0. The molecular formula is C24H28N4O10. The lowest BCUT2D eigenvalue weighted by Gasteiger charge is -2.12. The van der Waals surface area contributed by atoms with Gasteiger partial charge in [-0.05, 0) is 11.1 Å². The monoisotopic (exact) mass is 532 g/mol. The van der Waals surface area contributed by atoms with Crippen molar-refractivity contribution in [1.82, 2.24) is 10.6 Å². The molecule has 14 heteroatoms. The summed E-state index contributed by atoms with van der Waals surface area (Å²) in [4.78, 5) is 65.5. The number of alkyl carbamates (subject to hydrolysis) is 2. The van der Waals surface area contributed by atoms with Crippen molar-refractivity contribution >= 4 is 35.9 Å². The topological polar surface area (TPSA) is 237 Å². The van der Waals surface area contributed by atoms with Gasteiger partial charge in [0.15, 0.2) is 0 Å². The summed E-state index contributed by atoms with van der Waals surface area (Å²) in [7, 11) is 0. The summed E-state index contributed by atoms with van der Waals surface area (Å²) in [5.74, 6) is -4.35. The van der Waals surface area contributed by atoms with E-state index in [9.17, 15) is 28.8 Å². The van der Waals surface area contributed by atoms with E-state index in [4.69, 9.17) is 31.2 Å².